The van der Waals surface area contributed by atoms with Crippen molar-refractivity contribution in [1.29, 1.82) is 0 Å². The Hall–Kier alpha value is -1.09. The molecule has 0 aromatic carbocycles. The summed E-state index contributed by atoms with van der Waals surface area (Å²) < 4.78 is 5.56. The van der Waals surface area contributed by atoms with Gasteiger partial charge in [-0.15, -0.1) is 0 Å². The maximum absolute atomic E-state index is 5.56. The van der Waals surface area contributed by atoms with E-state index in [1.54, 1.807) is 6.20 Å². The summed E-state index contributed by atoms with van der Waals surface area (Å²) in [7, 11) is 1.93. The first-order valence-corrected chi connectivity index (χ1v) is 5.04. The number of aromatic nitrogens is 1. The van der Waals surface area contributed by atoms with Crippen LogP contribution in [0.4, 0.5) is 0 Å². The van der Waals surface area contributed by atoms with Crippen molar-refractivity contribution in [3.05, 3.63) is 23.9 Å². The van der Waals surface area contributed by atoms with Gasteiger partial charge in [-0.05, 0) is 26.5 Å². The molecule has 0 fully saturated rings. The maximum Gasteiger partial charge on any atom is 0.218 e. The molecular formula is C11H18N2O. The molecule has 0 bridgehead atoms. The minimum Gasteiger partial charge on any atom is -0.477 e. The molecule has 1 aromatic rings. The van der Waals surface area contributed by atoms with Crippen LogP contribution in [0.2, 0.25) is 0 Å². The van der Waals surface area contributed by atoms with Crippen LogP contribution in [-0.4, -0.2) is 18.6 Å². The zero-order valence-electron chi connectivity index (χ0n) is 9.08. The number of nitrogens with one attached hydrogen (secondary N) is 1. The molecule has 14 heavy (non-hydrogen) atoms. The van der Waals surface area contributed by atoms with Crippen molar-refractivity contribution >= 4 is 0 Å². The highest BCUT2D eigenvalue weighted by atomic mass is 16.5. The quantitative estimate of drug-likeness (QED) is 0.780. The Morgan fingerprint density at radius 1 is 1.57 bits per heavy atom. The molecule has 1 rings (SSSR count). The summed E-state index contributed by atoms with van der Waals surface area (Å²) in [5, 5.41) is 3.18. The second kappa shape index (κ2) is 5.60. The molecule has 0 aliphatic rings. The average Bonchev–Trinajstić information content (AvgIpc) is 2.25. The summed E-state index contributed by atoms with van der Waals surface area (Å²) in [5.74, 6) is 0.746. The Labute approximate surface area is 85.5 Å². The number of pyridine rings is 1. The van der Waals surface area contributed by atoms with E-state index < -0.39 is 0 Å². The maximum atomic E-state index is 5.56. The van der Waals surface area contributed by atoms with Crippen LogP contribution in [0.1, 0.15) is 31.9 Å². The van der Waals surface area contributed by atoms with Gasteiger partial charge in [-0.3, -0.25) is 0 Å². The first-order chi connectivity index (χ1) is 6.79. The Balaban J connectivity index is 2.79. The minimum absolute atomic E-state index is 0.274. The molecule has 0 amide bonds. The van der Waals surface area contributed by atoms with Crippen LogP contribution in [0, 0.1) is 0 Å². The van der Waals surface area contributed by atoms with Crippen LogP contribution in [0.3, 0.4) is 0 Å². The van der Waals surface area contributed by atoms with Crippen LogP contribution in [-0.2, 0) is 0 Å². The Morgan fingerprint density at radius 3 is 3.00 bits per heavy atom. The van der Waals surface area contributed by atoms with Crippen molar-refractivity contribution in [3.8, 4) is 5.88 Å². The van der Waals surface area contributed by atoms with Gasteiger partial charge in [0.25, 0.3) is 0 Å². The van der Waals surface area contributed by atoms with E-state index in [-0.39, 0.29) is 6.04 Å². The summed E-state index contributed by atoms with van der Waals surface area (Å²) in [6.45, 7) is 4.90. The molecule has 1 unspecified atom stereocenters. The van der Waals surface area contributed by atoms with Gasteiger partial charge in [0.1, 0.15) is 0 Å². The largest absolute Gasteiger partial charge is 0.477 e. The molecule has 0 aliphatic carbocycles. The Bertz CT molecular complexity index is 276. The second-order valence-electron chi connectivity index (χ2n) is 3.26. The minimum atomic E-state index is 0.274. The smallest absolute Gasteiger partial charge is 0.218 e. The van der Waals surface area contributed by atoms with Crippen molar-refractivity contribution in [2.45, 2.75) is 26.3 Å². The number of ether oxygens (including phenoxy) is 1. The topological polar surface area (TPSA) is 34.1 Å². The van der Waals surface area contributed by atoms with E-state index in [4.69, 9.17) is 4.74 Å². The lowest BCUT2D eigenvalue weighted by molar-refractivity contribution is 0.299. The number of nitrogens with zero attached hydrogens (tertiary/aromatic N) is 1. The van der Waals surface area contributed by atoms with E-state index in [0.29, 0.717) is 0 Å². The summed E-state index contributed by atoms with van der Waals surface area (Å²) in [6.07, 6.45) is 2.76. The molecular weight excluding hydrogens is 176 g/mol. The lowest BCUT2D eigenvalue weighted by atomic mass is 10.1. The van der Waals surface area contributed by atoms with Crippen LogP contribution in [0.5, 0.6) is 5.88 Å². The first kappa shape index (κ1) is 11.0. The number of rotatable bonds is 5. The number of hydrogen-bond acceptors (Lipinski definition) is 3. The normalized spacial score (nSPS) is 12.5. The van der Waals surface area contributed by atoms with Gasteiger partial charge in [0.15, 0.2) is 0 Å². The first-order valence-electron chi connectivity index (χ1n) is 5.04. The van der Waals surface area contributed by atoms with E-state index >= 15 is 0 Å². The van der Waals surface area contributed by atoms with Gasteiger partial charge in [0.2, 0.25) is 5.88 Å². The van der Waals surface area contributed by atoms with Crippen LogP contribution < -0.4 is 10.1 Å². The lowest BCUT2D eigenvalue weighted by Gasteiger charge is -2.14. The summed E-state index contributed by atoms with van der Waals surface area (Å²) in [5.41, 5.74) is 1.11. The van der Waals surface area contributed by atoms with Crippen LogP contribution in [0.15, 0.2) is 18.3 Å². The van der Waals surface area contributed by atoms with E-state index in [1.807, 2.05) is 19.2 Å². The molecule has 0 saturated heterocycles. The van der Waals surface area contributed by atoms with E-state index in [1.165, 1.54) is 0 Å². The van der Waals surface area contributed by atoms with Gasteiger partial charge in [0.05, 0.1) is 6.61 Å². The van der Waals surface area contributed by atoms with Crippen molar-refractivity contribution < 1.29 is 4.74 Å². The average molecular weight is 194 g/mol. The zero-order chi connectivity index (χ0) is 10.4. The fourth-order valence-corrected chi connectivity index (χ4v) is 1.21. The third-order valence-electron chi connectivity index (χ3n) is 2.14. The van der Waals surface area contributed by atoms with E-state index in [0.717, 1.165) is 24.5 Å². The lowest BCUT2D eigenvalue weighted by Crippen LogP contribution is -2.14. The van der Waals surface area contributed by atoms with Gasteiger partial charge in [-0.1, -0.05) is 13.0 Å². The molecule has 3 nitrogen and oxygen atoms in total. The van der Waals surface area contributed by atoms with E-state index in [2.05, 4.69) is 24.1 Å². The molecule has 0 spiro atoms. The van der Waals surface area contributed by atoms with Crippen molar-refractivity contribution in [1.82, 2.24) is 10.3 Å². The third-order valence-corrected chi connectivity index (χ3v) is 2.14. The standard InChI is InChI=1S/C11H18N2O/c1-4-8-14-11-10(9(2)12-3)6-5-7-13-11/h5-7,9,12H,4,8H2,1-3H3. The molecule has 78 valence electrons. The van der Waals surface area contributed by atoms with Gasteiger partial charge >= 0.3 is 0 Å². The van der Waals surface area contributed by atoms with Crippen LogP contribution in [0.25, 0.3) is 0 Å². The number of hydrogen-bond donors (Lipinski definition) is 1. The van der Waals surface area contributed by atoms with Crippen molar-refractivity contribution in [2.75, 3.05) is 13.7 Å². The predicted octanol–water partition coefficient (Wildman–Crippen LogP) is 2.15. The predicted molar refractivity (Wildman–Crippen MR) is 57.5 cm³/mol. The van der Waals surface area contributed by atoms with Crippen molar-refractivity contribution in [3.63, 3.8) is 0 Å². The fraction of sp³-hybridized carbons (Fsp3) is 0.545. The van der Waals surface area contributed by atoms with Gasteiger partial charge in [0, 0.05) is 17.8 Å². The molecule has 3 heteroatoms. The van der Waals surface area contributed by atoms with E-state index in [9.17, 15) is 0 Å². The van der Waals surface area contributed by atoms with Gasteiger partial charge < -0.3 is 10.1 Å². The van der Waals surface area contributed by atoms with Crippen molar-refractivity contribution in [2.24, 2.45) is 0 Å². The molecule has 1 heterocycles. The monoisotopic (exact) mass is 194 g/mol. The Kier molecular flexibility index (Phi) is 4.40. The third kappa shape index (κ3) is 2.70. The highest BCUT2D eigenvalue weighted by Crippen LogP contribution is 2.21. The molecule has 1 aromatic heterocycles. The summed E-state index contributed by atoms with van der Waals surface area (Å²) >= 11 is 0. The van der Waals surface area contributed by atoms with Gasteiger partial charge in [-0.25, -0.2) is 4.98 Å². The molecule has 0 saturated carbocycles. The summed E-state index contributed by atoms with van der Waals surface area (Å²) in [4.78, 5) is 4.22. The van der Waals surface area contributed by atoms with Gasteiger partial charge in [-0.2, -0.15) is 0 Å². The second-order valence-corrected chi connectivity index (χ2v) is 3.26. The molecule has 1 N–H and O–H groups in total. The zero-order valence-corrected chi connectivity index (χ0v) is 9.08. The highest BCUT2D eigenvalue weighted by Gasteiger charge is 2.09. The molecule has 1 atom stereocenters. The molecule has 0 aliphatic heterocycles. The Morgan fingerprint density at radius 2 is 2.36 bits per heavy atom. The summed E-state index contributed by atoms with van der Waals surface area (Å²) in [6, 6.07) is 4.25. The highest BCUT2D eigenvalue weighted by molar-refractivity contribution is 5.28. The fourth-order valence-electron chi connectivity index (χ4n) is 1.21. The van der Waals surface area contributed by atoms with Crippen LogP contribution >= 0.6 is 0 Å². The molecule has 0 radical (unpaired) electrons. The SMILES string of the molecule is CCCOc1ncccc1C(C)NC.